The summed E-state index contributed by atoms with van der Waals surface area (Å²) >= 11 is 0. The van der Waals surface area contributed by atoms with Crippen LogP contribution in [-0.2, 0) is 4.74 Å². The Hall–Kier alpha value is -2.44. The van der Waals surface area contributed by atoms with Gasteiger partial charge in [0, 0.05) is 43.8 Å². The van der Waals surface area contributed by atoms with Crippen LogP contribution in [0, 0.1) is 0 Å². The molecule has 0 unspecified atom stereocenters. The molecule has 0 aromatic carbocycles. The van der Waals surface area contributed by atoms with Crippen molar-refractivity contribution in [3.63, 3.8) is 0 Å². The minimum atomic E-state index is -0.462. The predicted molar refractivity (Wildman–Crippen MR) is 104 cm³/mol. The number of piperidine rings is 1. The predicted octanol–water partition coefficient (Wildman–Crippen LogP) is 3.39. The molecule has 0 atom stereocenters. The zero-order chi connectivity index (χ0) is 19.0. The van der Waals surface area contributed by atoms with Crippen molar-refractivity contribution in [2.45, 2.75) is 64.1 Å². The smallest absolute Gasteiger partial charge is 0.410 e. The van der Waals surface area contributed by atoms with Gasteiger partial charge in [-0.05, 0) is 52.5 Å². The van der Waals surface area contributed by atoms with Gasteiger partial charge in [0.1, 0.15) is 11.1 Å². The molecule has 2 aromatic heterocycles. The summed E-state index contributed by atoms with van der Waals surface area (Å²) in [5.74, 6) is 0.884. The Kier molecular flexibility index (Phi) is 4.61. The molecule has 7 heteroatoms. The summed E-state index contributed by atoms with van der Waals surface area (Å²) in [5.41, 5.74) is 1.24. The van der Waals surface area contributed by atoms with Crippen LogP contribution in [0.2, 0.25) is 0 Å². The van der Waals surface area contributed by atoms with E-state index in [9.17, 15) is 4.79 Å². The van der Waals surface area contributed by atoms with E-state index in [4.69, 9.17) is 4.74 Å². The number of anilines is 1. The Morgan fingerprint density at radius 2 is 1.70 bits per heavy atom. The number of carbonyl (C=O) groups is 1. The van der Waals surface area contributed by atoms with Crippen LogP contribution in [0.4, 0.5) is 10.6 Å². The zero-order valence-electron chi connectivity index (χ0n) is 16.3. The minimum Gasteiger partial charge on any atom is -0.444 e. The first-order valence-corrected chi connectivity index (χ1v) is 9.74. The number of rotatable bonds is 3. The van der Waals surface area contributed by atoms with Crippen LogP contribution in [0.1, 0.15) is 46.5 Å². The molecule has 1 saturated heterocycles. The van der Waals surface area contributed by atoms with Crippen LogP contribution in [0.15, 0.2) is 24.7 Å². The number of nitrogens with zero attached hydrogens (tertiary/aromatic N) is 5. The molecule has 2 fully saturated rings. The second-order valence-corrected chi connectivity index (χ2v) is 8.40. The number of aromatic nitrogens is 3. The quantitative estimate of drug-likeness (QED) is 0.826. The molecule has 2 aromatic rings. The van der Waals surface area contributed by atoms with E-state index in [-0.39, 0.29) is 12.1 Å². The number of hydrogen-bond acceptors (Lipinski definition) is 6. The fourth-order valence-corrected chi connectivity index (χ4v) is 3.73. The summed E-state index contributed by atoms with van der Waals surface area (Å²) < 4.78 is 5.67. The van der Waals surface area contributed by atoms with Crippen LogP contribution in [0.25, 0.3) is 11.0 Å². The Morgan fingerprint density at radius 1 is 1.04 bits per heavy atom. The summed E-state index contributed by atoms with van der Waals surface area (Å²) in [4.78, 5) is 30.4. The van der Waals surface area contributed by atoms with E-state index in [1.165, 1.54) is 0 Å². The summed E-state index contributed by atoms with van der Waals surface area (Å²) in [6, 6.07) is 2.46. The van der Waals surface area contributed by atoms with E-state index >= 15 is 0 Å². The number of carbonyl (C=O) groups excluding carboxylic acids is 1. The summed E-state index contributed by atoms with van der Waals surface area (Å²) in [6.07, 6.45) is 9.01. The van der Waals surface area contributed by atoms with E-state index < -0.39 is 5.60 Å². The van der Waals surface area contributed by atoms with Gasteiger partial charge >= 0.3 is 6.09 Å². The van der Waals surface area contributed by atoms with E-state index in [1.807, 2.05) is 31.7 Å². The molecule has 4 rings (SSSR count). The Bertz CT molecular complexity index is 817. The largest absolute Gasteiger partial charge is 0.444 e. The van der Waals surface area contributed by atoms with Crippen molar-refractivity contribution in [1.29, 1.82) is 0 Å². The SMILES string of the molecule is CC(C)(C)OC(=O)N(C1CC1)C1CCN(c2nccc3nccnc23)CC1. The summed E-state index contributed by atoms with van der Waals surface area (Å²) in [6.45, 7) is 7.46. The first-order valence-electron chi connectivity index (χ1n) is 9.74. The molecule has 1 aliphatic carbocycles. The third-order valence-electron chi connectivity index (χ3n) is 5.07. The molecule has 2 aliphatic rings. The number of fused-ring (bicyclic) bond motifs is 1. The van der Waals surface area contributed by atoms with Crippen LogP contribution in [0.5, 0.6) is 0 Å². The highest BCUT2D eigenvalue weighted by molar-refractivity contribution is 5.85. The number of ether oxygens (including phenoxy) is 1. The molecule has 1 saturated carbocycles. The van der Waals surface area contributed by atoms with E-state index in [1.54, 1.807) is 18.6 Å². The topological polar surface area (TPSA) is 71.5 Å². The standard InChI is InChI=1S/C20H27N5O2/c1-20(2,3)27-19(26)25(14-4-5-14)15-7-12-24(13-8-15)18-17-16(6-9-23-18)21-10-11-22-17/h6,9-11,14-15H,4-5,7-8,12-13H2,1-3H3. The lowest BCUT2D eigenvalue weighted by Crippen LogP contribution is -2.50. The maximum atomic E-state index is 12.7. The number of hydrogen-bond donors (Lipinski definition) is 0. The molecule has 1 amide bonds. The van der Waals surface area contributed by atoms with Crippen LogP contribution in [0.3, 0.4) is 0 Å². The lowest BCUT2D eigenvalue weighted by atomic mass is 10.0. The highest BCUT2D eigenvalue weighted by Crippen LogP contribution is 2.34. The van der Waals surface area contributed by atoms with Crippen molar-refractivity contribution in [2.24, 2.45) is 0 Å². The minimum absolute atomic E-state index is 0.169. The molecule has 0 spiro atoms. The number of amides is 1. The van der Waals surface area contributed by atoms with Gasteiger partial charge < -0.3 is 14.5 Å². The molecule has 27 heavy (non-hydrogen) atoms. The molecular formula is C20H27N5O2. The van der Waals surface area contributed by atoms with Gasteiger partial charge in [-0.1, -0.05) is 0 Å². The van der Waals surface area contributed by atoms with Crippen molar-refractivity contribution >= 4 is 22.9 Å². The Morgan fingerprint density at radius 3 is 2.37 bits per heavy atom. The highest BCUT2D eigenvalue weighted by atomic mass is 16.6. The van der Waals surface area contributed by atoms with Gasteiger partial charge in [-0.3, -0.25) is 4.98 Å². The second kappa shape index (κ2) is 6.94. The lowest BCUT2D eigenvalue weighted by Gasteiger charge is -2.39. The Balaban J connectivity index is 1.47. The third kappa shape index (κ3) is 3.96. The number of pyridine rings is 1. The van der Waals surface area contributed by atoms with Crippen molar-refractivity contribution in [3.05, 3.63) is 24.7 Å². The van der Waals surface area contributed by atoms with Gasteiger partial charge in [-0.2, -0.15) is 0 Å². The van der Waals surface area contributed by atoms with Crippen LogP contribution >= 0.6 is 0 Å². The monoisotopic (exact) mass is 369 g/mol. The lowest BCUT2D eigenvalue weighted by molar-refractivity contribution is 0.0114. The van der Waals surface area contributed by atoms with Crippen molar-refractivity contribution in [2.75, 3.05) is 18.0 Å². The molecule has 144 valence electrons. The fraction of sp³-hybridized carbons (Fsp3) is 0.600. The highest BCUT2D eigenvalue weighted by Gasteiger charge is 2.40. The van der Waals surface area contributed by atoms with Gasteiger partial charge in [-0.15, -0.1) is 0 Å². The first-order chi connectivity index (χ1) is 12.9. The van der Waals surface area contributed by atoms with Crippen molar-refractivity contribution in [3.8, 4) is 0 Å². The van der Waals surface area contributed by atoms with Gasteiger partial charge in [0.25, 0.3) is 0 Å². The molecular weight excluding hydrogens is 342 g/mol. The average Bonchev–Trinajstić information content (AvgIpc) is 3.45. The molecule has 0 N–H and O–H groups in total. The van der Waals surface area contributed by atoms with Gasteiger partial charge in [-0.25, -0.2) is 14.8 Å². The Labute approximate surface area is 159 Å². The maximum Gasteiger partial charge on any atom is 0.410 e. The second-order valence-electron chi connectivity index (χ2n) is 8.40. The van der Waals surface area contributed by atoms with Crippen LogP contribution < -0.4 is 4.90 Å². The van der Waals surface area contributed by atoms with Gasteiger partial charge in [0.05, 0.1) is 5.52 Å². The van der Waals surface area contributed by atoms with E-state index in [2.05, 4.69) is 19.9 Å². The first kappa shape index (κ1) is 17.9. The van der Waals surface area contributed by atoms with Crippen molar-refractivity contribution < 1.29 is 9.53 Å². The molecule has 1 aliphatic heterocycles. The molecule has 3 heterocycles. The summed E-state index contributed by atoms with van der Waals surface area (Å²) in [5, 5.41) is 0. The average molecular weight is 369 g/mol. The third-order valence-corrected chi connectivity index (χ3v) is 5.07. The normalized spacial score (nSPS) is 18.6. The van der Waals surface area contributed by atoms with Crippen molar-refractivity contribution in [1.82, 2.24) is 19.9 Å². The van der Waals surface area contributed by atoms with E-state index in [0.717, 1.165) is 55.6 Å². The van der Waals surface area contributed by atoms with Gasteiger partial charge in [0.15, 0.2) is 5.82 Å². The molecule has 7 nitrogen and oxygen atoms in total. The molecule has 0 radical (unpaired) electrons. The zero-order valence-corrected chi connectivity index (χ0v) is 16.3. The van der Waals surface area contributed by atoms with Gasteiger partial charge in [0.2, 0.25) is 0 Å². The van der Waals surface area contributed by atoms with Crippen LogP contribution in [-0.4, -0.2) is 56.7 Å². The molecule has 0 bridgehead atoms. The summed E-state index contributed by atoms with van der Waals surface area (Å²) in [7, 11) is 0. The maximum absolute atomic E-state index is 12.7. The van der Waals surface area contributed by atoms with E-state index in [0.29, 0.717) is 6.04 Å². The fourth-order valence-electron chi connectivity index (χ4n) is 3.73.